The number of ether oxygens (including phenoxy) is 1. The van der Waals surface area contributed by atoms with E-state index in [0.29, 0.717) is 26.9 Å². The number of benzene rings is 2. The van der Waals surface area contributed by atoms with Crippen molar-refractivity contribution in [2.45, 2.75) is 12.6 Å². The maximum Gasteiger partial charge on any atom is 0.295 e. The third-order valence-corrected chi connectivity index (χ3v) is 5.87. The Balaban J connectivity index is 1.84. The summed E-state index contributed by atoms with van der Waals surface area (Å²) in [6.45, 7) is 0.0704. The van der Waals surface area contributed by atoms with Crippen molar-refractivity contribution >= 4 is 33.4 Å². The van der Waals surface area contributed by atoms with E-state index < -0.39 is 23.5 Å². The minimum atomic E-state index is -0.830. The molecular weight excluding hydrogens is 479 g/mol. The number of hydrogen-bond donors (Lipinski definition) is 1. The summed E-state index contributed by atoms with van der Waals surface area (Å²) in [6, 6.07) is 13.1. The van der Waals surface area contributed by atoms with Crippen molar-refractivity contribution in [3.05, 3.63) is 99.5 Å². The second-order valence-electron chi connectivity index (χ2n) is 7.18. The van der Waals surface area contributed by atoms with E-state index >= 15 is 0 Å². The van der Waals surface area contributed by atoms with E-state index in [1.54, 1.807) is 54.9 Å². The van der Waals surface area contributed by atoms with Crippen LogP contribution in [0.15, 0.2) is 77.0 Å². The number of aliphatic hydroxyl groups excluding tert-OH is 1. The second kappa shape index (κ2) is 8.92. The fourth-order valence-corrected chi connectivity index (χ4v) is 4.23. The number of carbonyl (C=O) groups is 2. The van der Waals surface area contributed by atoms with Crippen LogP contribution in [0.2, 0.25) is 0 Å². The topological polar surface area (TPSA) is 79.7 Å². The van der Waals surface area contributed by atoms with Gasteiger partial charge in [-0.2, -0.15) is 0 Å². The van der Waals surface area contributed by atoms with Gasteiger partial charge in [0.15, 0.2) is 0 Å². The monoisotopic (exact) mass is 496 g/mol. The minimum absolute atomic E-state index is 0.0274. The highest BCUT2D eigenvalue weighted by molar-refractivity contribution is 9.10. The molecule has 1 unspecified atom stereocenters. The number of rotatable bonds is 5. The molecule has 1 saturated heterocycles. The van der Waals surface area contributed by atoms with E-state index in [1.165, 1.54) is 24.1 Å². The van der Waals surface area contributed by atoms with Crippen LogP contribution in [0.25, 0.3) is 5.76 Å². The van der Waals surface area contributed by atoms with Crippen LogP contribution >= 0.6 is 15.9 Å². The lowest BCUT2D eigenvalue weighted by Gasteiger charge is -2.25. The number of aliphatic hydroxyl groups is 1. The van der Waals surface area contributed by atoms with Gasteiger partial charge in [0.25, 0.3) is 11.7 Å². The van der Waals surface area contributed by atoms with E-state index in [2.05, 4.69) is 20.9 Å². The average Bonchev–Trinajstić information content (AvgIpc) is 3.05. The zero-order valence-electron chi connectivity index (χ0n) is 17.0. The number of aromatic nitrogens is 1. The van der Waals surface area contributed by atoms with Gasteiger partial charge in [-0.25, -0.2) is 4.39 Å². The Hall–Kier alpha value is -3.52. The van der Waals surface area contributed by atoms with Crippen LogP contribution in [-0.4, -0.2) is 33.8 Å². The maximum absolute atomic E-state index is 13.3. The van der Waals surface area contributed by atoms with Crippen molar-refractivity contribution in [2.75, 3.05) is 7.11 Å². The van der Waals surface area contributed by atoms with E-state index in [1.807, 2.05) is 0 Å². The number of nitrogens with zero attached hydrogens (tertiary/aromatic N) is 2. The predicted molar refractivity (Wildman–Crippen MR) is 119 cm³/mol. The van der Waals surface area contributed by atoms with Crippen LogP contribution in [0.1, 0.15) is 22.7 Å². The van der Waals surface area contributed by atoms with Gasteiger partial charge in [-0.1, -0.05) is 12.1 Å². The average molecular weight is 497 g/mol. The summed E-state index contributed by atoms with van der Waals surface area (Å²) >= 11 is 3.37. The summed E-state index contributed by atoms with van der Waals surface area (Å²) in [6.07, 6.45) is 3.11. The third-order valence-electron chi connectivity index (χ3n) is 5.25. The second-order valence-corrected chi connectivity index (χ2v) is 8.04. The van der Waals surface area contributed by atoms with Crippen molar-refractivity contribution in [3.63, 3.8) is 0 Å². The maximum atomic E-state index is 13.3. The molecule has 3 aromatic rings. The number of likely N-dealkylation sites (tertiary alicyclic amines) is 1. The number of halogens is 2. The first-order chi connectivity index (χ1) is 15.4. The lowest BCUT2D eigenvalue weighted by Crippen LogP contribution is -2.29. The van der Waals surface area contributed by atoms with Crippen molar-refractivity contribution in [2.24, 2.45) is 0 Å². The highest BCUT2D eigenvalue weighted by atomic mass is 79.9. The number of pyridine rings is 1. The molecule has 0 saturated carbocycles. The van der Waals surface area contributed by atoms with Gasteiger partial charge in [-0.15, -0.1) is 0 Å². The molecule has 0 radical (unpaired) electrons. The van der Waals surface area contributed by atoms with Gasteiger partial charge in [0.2, 0.25) is 0 Å². The number of methoxy groups -OCH3 is 1. The Morgan fingerprint density at radius 2 is 1.81 bits per heavy atom. The fraction of sp³-hybridized carbons (Fsp3) is 0.125. The molecular formula is C24H18BrFN2O4. The first-order valence-electron chi connectivity index (χ1n) is 9.67. The molecule has 8 heteroatoms. The van der Waals surface area contributed by atoms with Crippen molar-refractivity contribution < 1.29 is 23.8 Å². The van der Waals surface area contributed by atoms with Crippen molar-refractivity contribution in [1.82, 2.24) is 9.88 Å². The van der Waals surface area contributed by atoms with Gasteiger partial charge in [0.1, 0.15) is 17.3 Å². The normalized spacial score (nSPS) is 17.6. The van der Waals surface area contributed by atoms with Gasteiger partial charge in [-0.05, 0) is 69.5 Å². The van der Waals surface area contributed by atoms with Crippen LogP contribution in [0.3, 0.4) is 0 Å². The lowest BCUT2D eigenvalue weighted by molar-refractivity contribution is -0.140. The van der Waals surface area contributed by atoms with Crippen molar-refractivity contribution in [1.29, 1.82) is 0 Å². The van der Waals surface area contributed by atoms with E-state index in [9.17, 15) is 19.1 Å². The summed E-state index contributed by atoms with van der Waals surface area (Å²) in [5.74, 6) is -1.67. The molecule has 0 bridgehead atoms. The molecule has 0 spiro atoms. The number of carbonyl (C=O) groups excluding carboxylic acids is 2. The van der Waals surface area contributed by atoms with Gasteiger partial charge in [0.05, 0.1) is 23.2 Å². The fourth-order valence-electron chi connectivity index (χ4n) is 3.69. The summed E-state index contributed by atoms with van der Waals surface area (Å²) in [5, 5.41) is 11.1. The quantitative estimate of drug-likeness (QED) is 0.317. The summed E-state index contributed by atoms with van der Waals surface area (Å²) in [4.78, 5) is 31.4. The SMILES string of the molecule is COc1ccc(/C(O)=C2/C(=O)C(=O)N(Cc3ccc(F)cc3)C2c2ccncc2)cc1Br. The number of ketones is 1. The van der Waals surface area contributed by atoms with Crippen LogP contribution in [-0.2, 0) is 16.1 Å². The molecule has 2 heterocycles. The molecule has 1 amide bonds. The zero-order valence-corrected chi connectivity index (χ0v) is 18.5. The highest BCUT2D eigenvalue weighted by Gasteiger charge is 2.46. The number of hydrogen-bond acceptors (Lipinski definition) is 5. The zero-order chi connectivity index (χ0) is 22.8. The summed E-state index contributed by atoms with van der Waals surface area (Å²) < 4.78 is 19.1. The first-order valence-corrected chi connectivity index (χ1v) is 10.5. The molecule has 32 heavy (non-hydrogen) atoms. The Morgan fingerprint density at radius 3 is 2.44 bits per heavy atom. The molecule has 1 atom stereocenters. The molecule has 1 aliphatic heterocycles. The van der Waals surface area contributed by atoms with E-state index in [-0.39, 0.29) is 17.9 Å². The van der Waals surface area contributed by atoms with Gasteiger partial charge in [-0.3, -0.25) is 14.6 Å². The smallest absolute Gasteiger partial charge is 0.295 e. The molecule has 1 N–H and O–H groups in total. The van der Waals surface area contributed by atoms with Crippen LogP contribution < -0.4 is 4.74 Å². The van der Waals surface area contributed by atoms with E-state index in [4.69, 9.17) is 4.74 Å². The Bertz CT molecular complexity index is 1210. The molecule has 0 aliphatic carbocycles. The van der Waals surface area contributed by atoms with E-state index in [0.717, 1.165) is 0 Å². The molecule has 1 aliphatic rings. The number of amides is 1. The first kappa shape index (κ1) is 21.7. The van der Waals surface area contributed by atoms with Gasteiger partial charge >= 0.3 is 0 Å². The minimum Gasteiger partial charge on any atom is -0.507 e. The largest absolute Gasteiger partial charge is 0.507 e. The molecule has 162 valence electrons. The summed E-state index contributed by atoms with van der Waals surface area (Å²) in [5.41, 5.74) is 1.60. The lowest BCUT2D eigenvalue weighted by atomic mass is 9.96. The number of Topliss-reactive ketones (excluding diaryl/α,β-unsaturated/α-hetero) is 1. The van der Waals surface area contributed by atoms with Crippen LogP contribution in [0.4, 0.5) is 4.39 Å². The third kappa shape index (κ3) is 4.01. The highest BCUT2D eigenvalue weighted by Crippen LogP contribution is 2.40. The molecule has 1 aromatic heterocycles. The van der Waals surface area contributed by atoms with Crippen LogP contribution in [0.5, 0.6) is 5.75 Å². The molecule has 1 fully saturated rings. The Labute approximate surface area is 192 Å². The van der Waals surface area contributed by atoms with Gasteiger partial charge < -0.3 is 14.7 Å². The summed E-state index contributed by atoms with van der Waals surface area (Å²) in [7, 11) is 1.52. The molecule has 2 aromatic carbocycles. The van der Waals surface area contributed by atoms with Crippen molar-refractivity contribution in [3.8, 4) is 5.75 Å². The Morgan fingerprint density at radius 1 is 1.12 bits per heavy atom. The predicted octanol–water partition coefficient (Wildman–Crippen LogP) is 4.61. The van der Waals surface area contributed by atoms with Gasteiger partial charge in [0, 0.05) is 24.5 Å². The molecule has 4 rings (SSSR count). The standard InChI is InChI=1S/C24H18BrFN2O4/c1-32-19-7-4-16(12-18(19)25)22(29)20-21(15-8-10-27-11-9-15)28(24(31)23(20)30)13-14-2-5-17(26)6-3-14/h2-12,21,29H,13H2,1H3/b22-20-. The van der Waals surface area contributed by atoms with Crippen LogP contribution in [0, 0.1) is 5.82 Å². The Kier molecular flexibility index (Phi) is 6.05. The molecule has 6 nitrogen and oxygen atoms in total.